The van der Waals surface area contributed by atoms with E-state index in [9.17, 15) is 4.79 Å². The number of carbonyl (C=O) groups is 1. The lowest BCUT2D eigenvalue weighted by Crippen LogP contribution is -2.28. The number of rotatable bonds is 6. The van der Waals surface area contributed by atoms with Gasteiger partial charge in [0.25, 0.3) is 0 Å². The molecule has 1 aromatic heterocycles. The van der Waals surface area contributed by atoms with Gasteiger partial charge in [-0.05, 0) is 12.1 Å². The highest BCUT2D eigenvalue weighted by molar-refractivity contribution is 7.99. The van der Waals surface area contributed by atoms with E-state index >= 15 is 0 Å². The molecule has 0 aliphatic heterocycles. The highest BCUT2D eigenvalue weighted by atomic mass is 32.2. The van der Waals surface area contributed by atoms with E-state index in [4.69, 9.17) is 10.00 Å². The van der Waals surface area contributed by atoms with E-state index in [1.54, 1.807) is 25.4 Å². The summed E-state index contributed by atoms with van der Waals surface area (Å²) in [6.45, 7) is 0.979. The molecule has 0 saturated carbocycles. The monoisotopic (exact) mass is 251 g/mol. The Kier molecular flexibility index (Phi) is 6.07. The summed E-state index contributed by atoms with van der Waals surface area (Å²) in [6, 6.07) is 5.41. The molecule has 0 aliphatic carbocycles. The molecule has 1 rings (SSSR count). The number of amides is 1. The molecule has 0 unspecified atom stereocenters. The predicted octanol–water partition coefficient (Wildman–Crippen LogP) is 0.808. The van der Waals surface area contributed by atoms with E-state index in [1.807, 2.05) is 6.07 Å². The molecule has 1 heterocycles. The number of methoxy groups -OCH3 is 1. The topological polar surface area (TPSA) is 75.0 Å². The first kappa shape index (κ1) is 13.5. The van der Waals surface area contributed by atoms with Gasteiger partial charge in [0.2, 0.25) is 5.91 Å². The highest BCUT2D eigenvalue weighted by Crippen LogP contribution is 2.18. The van der Waals surface area contributed by atoms with Crippen LogP contribution < -0.4 is 5.32 Å². The van der Waals surface area contributed by atoms with Crippen LogP contribution in [0.25, 0.3) is 0 Å². The Morgan fingerprint density at radius 3 is 3.24 bits per heavy atom. The summed E-state index contributed by atoms with van der Waals surface area (Å²) in [7, 11) is 1.58. The maximum atomic E-state index is 11.4. The van der Waals surface area contributed by atoms with Crippen molar-refractivity contribution >= 4 is 17.7 Å². The molecule has 6 heteroatoms. The van der Waals surface area contributed by atoms with Gasteiger partial charge in [0.1, 0.15) is 11.1 Å². The maximum absolute atomic E-state index is 11.4. The molecule has 0 saturated heterocycles. The van der Waals surface area contributed by atoms with E-state index in [2.05, 4.69) is 10.3 Å². The summed E-state index contributed by atoms with van der Waals surface area (Å²) in [5, 5.41) is 12.1. The molecule has 17 heavy (non-hydrogen) atoms. The number of pyridine rings is 1. The molecule has 0 fully saturated rings. The fourth-order valence-corrected chi connectivity index (χ4v) is 1.84. The van der Waals surface area contributed by atoms with Gasteiger partial charge in [-0.3, -0.25) is 4.79 Å². The van der Waals surface area contributed by atoms with E-state index in [0.29, 0.717) is 23.7 Å². The number of ether oxygens (including phenoxy) is 1. The summed E-state index contributed by atoms with van der Waals surface area (Å²) in [4.78, 5) is 15.4. The van der Waals surface area contributed by atoms with Crippen molar-refractivity contribution in [3.8, 4) is 6.07 Å². The minimum atomic E-state index is -0.0957. The third-order valence-corrected chi connectivity index (χ3v) is 2.87. The fraction of sp³-hybridized carbons (Fsp3) is 0.364. The largest absolute Gasteiger partial charge is 0.383 e. The van der Waals surface area contributed by atoms with Gasteiger partial charge in [-0.1, -0.05) is 11.8 Å². The van der Waals surface area contributed by atoms with Gasteiger partial charge in [0.15, 0.2) is 0 Å². The number of nitriles is 1. The molecule has 1 aromatic rings. The van der Waals surface area contributed by atoms with Crippen LogP contribution in [0.1, 0.15) is 5.56 Å². The van der Waals surface area contributed by atoms with Gasteiger partial charge in [-0.25, -0.2) is 4.98 Å². The zero-order valence-corrected chi connectivity index (χ0v) is 10.3. The second-order valence-electron chi connectivity index (χ2n) is 3.10. The van der Waals surface area contributed by atoms with Crippen LogP contribution in [-0.2, 0) is 9.53 Å². The Morgan fingerprint density at radius 2 is 2.53 bits per heavy atom. The predicted molar refractivity (Wildman–Crippen MR) is 64.6 cm³/mol. The van der Waals surface area contributed by atoms with Crippen molar-refractivity contribution in [1.29, 1.82) is 5.26 Å². The number of nitrogens with one attached hydrogen (secondary N) is 1. The Morgan fingerprint density at radius 1 is 1.71 bits per heavy atom. The van der Waals surface area contributed by atoms with Gasteiger partial charge >= 0.3 is 0 Å². The Bertz CT molecular complexity index is 417. The van der Waals surface area contributed by atoms with Crippen molar-refractivity contribution in [3.63, 3.8) is 0 Å². The van der Waals surface area contributed by atoms with Crippen LogP contribution in [0.15, 0.2) is 23.4 Å². The van der Waals surface area contributed by atoms with Crippen LogP contribution >= 0.6 is 11.8 Å². The highest BCUT2D eigenvalue weighted by Gasteiger charge is 2.06. The lowest BCUT2D eigenvalue weighted by Gasteiger charge is -2.04. The first-order valence-corrected chi connectivity index (χ1v) is 6.00. The number of hydrogen-bond acceptors (Lipinski definition) is 5. The Labute approximate surface area is 104 Å². The smallest absolute Gasteiger partial charge is 0.230 e. The number of thioether (sulfide) groups is 1. The third kappa shape index (κ3) is 4.85. The zero-order chi connectivity index (χ0) is 12.5. The lowest BCUT2D eigenvalue weighted by atomic mass is 10.3. The van der Waals surface area contributed by atoms with Gasteiger partial charge in [0, 0.05) is 19.9 Å². The van der Waals surface area contributed by atoms with E-state index in [1.165, 1.54) is 11.8 Å². The van der Waals surface area contributed by atoms with Gasteiger partial charge in [0.05, 0.1) is 17.9 Å². The second kappa shape index (κ2) is 7.65. The summed E-state index contributed by atoms with van der Waals surface area (Å²) in [5.41, 5.74) is 0.488. The number of hydrogen-bond donors (Lipinski definition) is 1. The Balaban J connectivity index is 2.40. The van der Waals surface area contributed by atoms with Crippen LogP contribution in [0.4, 0.5) is 0 Å². The molecule has 1 amide bonds. The van der Waals surface area contributed by atoms with Crippen LogP contribution in [0.2, 0.25) is 0 Å². The first-order chi connectivity index (χ1) is 8.27. The summed E-state index contributed by atoms with van der Waals surface area (Å²) in [5.74, 6) is 0.150. The summed E-state index contributed by atoms with van der Waals surface area (Å²) >= 11 is 1.25. The molecule has 0 atom stereocenters. The van der Waals surface area contributed by atoms with Gasteiger partial charge in [-0.2, -0.15) is 5.26 Å². The normalized spacial score (nSPS) is 9.65. The van der Waals surface area contributed by atoms with Crippen LogP contribution in [0.5, 0.6) is 0 Å². The van der Waals surface area contributed by atoms with Crippen molar-refractivity contribution in [1.82, 2.24) is 10.3 Å². The number of aromatic nitrogens is 1. The first-order valence-electron chi connectivity index (χ1n) is 5.01. The standard InChI is InChI=1S/C11H13N3O2S/c1-16-6-5-13-10(15)8-17-11-9(7-12)3-2-4-14-11/h2-4H,5-6,8H2,1H3,(H,13,15). The molecule has 0 radical (unpaired) electrons. The van der Waals surface area contributed by atoms with Crippen molar-refractivity contribution in [3.05, 3.63) is 23.9 Å². The lowest BCUT2D eigenvalue weighted by molar-refractivity contribution is -0.118. The average Bonchev–Trinajstić information content (AvgIpc) is 2.37. The fourth-order valence-electron chi connectivity index (χ4n) is 1.07. The van der Waals surface area contributed by atoms with E-state index in [-0.39, 0.29) is 11.7 Å². The molecular formula is C11H13N3O2S. The maximum Gasteiger partial charge on any atom is 0.230 e. The minimum absolute atomic E-state index is 0.0957. The van der Waals surface area contributed by atoms with Crippen molar-refractivity contribution < 1.29 is 9.53 Å². The molecule has 5 nitrogen and oxygen atoms in total. The molecule has 0 aromatic carbocycles. The van der Waals surface area contributed by atoms with Crippen LogP contribution in [0, 0.1) is 11.3 Å². The quantitative estimate of drug-likeness (QED) is 0.598. The minimum Gasteiger partial charge on any atom is -0.383 e. The van der Waals surface area contributed by atoms with Crippen molar-refractivity contribution in [2.75, 3.05) is 26.0 Å². The van der Waals surface area contributed by atoms with Gasteiger partial charge in [-0.15, -0.1) is 0 Å². The van der Waals surface area contributed by atoms with Crippen molar-refractivity contribution in [2.24, 2.45) is 0 Å². The van der Waals surface area contributed by atoms with Crippen molar-refractivity contribution in [2.45, 2.75) is 5.03 Å². The SMILES string of the molecule is COCCNC(=O)CSc1ncccc1C#N. The second-order valence-corrected chi connectivity index (χ2v) is 4.06. The number of carbonyl (C=O) groups excluding carboxylic acids is 1. The number of nitrogens with zero attached hydrogens (tertiary/aromatic N) is 2. The van der Waals surface area contributed by atoms with Crippen LogP contribution in [0.3, 0.4) is 0 Å². The summed E-state index contributed by atoms with van der Waals surface area (Å²) in [6.07, 6.45) is 1.60. The van der Waals surface area contributed by atoms with Crippen LogP contribution in [-0.4, -0.2) is 36.9 Å². The van der Waals surface area contributed by atoms with E-state index < -0.39 is 0 Å². The molecule has 0 bridgehead atoms. The molecule has 0 aliphatic rings. The third-order valence-electron chi connectivity index (χ3n) is 1.86. The molecule has 90 valence electrons. The molecule has 1 N–H and O–H groups in total. The average molecular weight is 251 g/mol. The molecule has 0 spiro atoms. The zero-order valence-electron chi connectivity index (χ0n) is 9.47. The summed E-state index contributed by atoms with van der Waals surface area (Å²) < 4.78 is 4.81. The Hall–Kier alpha value is -1.58. The van der Waals surface area contributed by atoms with Gasteiger partial charge < -0.3 is 10.1 Å². The van der Waals surface area contributed by atoms with E-state index in [0.717, 1.165) is 0 Å². The molecular weight excluding hydrogens is 238 g/mol.